The summed E-state index contributed by atoms with van der Waals surface area (Å²) in [6.07, 6.45) is -0.856. The third-order valence-electron chi connectivity index (χ3n) is 3.53. The molecule has 0 unspecified atom stereocenters. The van der Waals surface area contributed by atoms with E-state index in [4.69, 9.17) is 14.2 Å². The number of aliphatic hydroxyl groups excluding tert-OH is 2. The zero-order valence-electron chi connectivity index (χ0n) is 11.0. The lowest BCUT2D eigenvalue weighted by molar-refractivity contribution is -0.250. The van der Waals surface area contributed by atoms with Crippen molar-refractivity contribution < 1.29 is 24.4 Å². The highest BCUT2D eigenvalue weighted by Crippen LogP contribution is 2.39. The monoisotopic (exact) mass is 248 g/mol. The molecule has 0 aliphatic carbocycles. The third-order valence-corrected chi connectivity index (χ3v) is 3.53. The molecule has 1 heterocycles. The largest absolute Gasteiger partial charge is 0.391 e. The van der Waals surface area contributed by atoms with E-state index in [9.17, 15) is 10.2 Å². The lowest BCUT2D eigenvalue weighted by Gasteiger charge is -2.46. The van der Waals surface area contributed by atoms with Gasteiger partial charge >= 0.3 is 0 Å². The van der Waals surface area contributed by atoms with Gasteiger partial charge in [-0.15, -0.1) is 0 Å². The highest BCUT2D eigenvalue weighted by Gasteiger charge is 2.45. The summed E-state index contributed by atoms with van der Waals surface area (Å²) in [6, 6.07) is 0. The fourth-order valence-electron chi connectivity index (χ4n) is 2.38. The minimum absolute atomic E-state index is 0.0778. The Hall–Kier alpha value is -0.200. The van der Waals surface area contributed by atoms with Gasteiger partial charge in [0.25, 0.3) is 0 Å². The molecule has 0 bridgehead atoms. The van der Waals surface area contributed by atoms with Gasteiger partial charge in [0.05, 0.1) is 24.9 Å². The molecule has 1 fully saturated rings. The highest BCUT2D eigenvalue weighted by atomic mass is 16.6. The summed E-state index contributed by atoms with van der Waals surface area (Å²) in [4.78, 5) is 0. The summed E-state index contributed by atoms with van der Waals surface area (Å²) in [5.41, 5.74) is -0.247. The Labute approximate surface area is 103 Å². The molecule has 0 aromatic rings. The van der Waals surface area contributed by atoms with Crippen LogP contribution in [0.1, 0.15) is 26.7 Å². The Morgan fingerprint density at radius 1 is 1.41 bits per heavy atom. The molecule has 0 aromatic heterocycles. The molecular formula is C12H24O5. The number of ether oxygens (including phenoxy) is 3. The van der Waals surface area contributed by atoms with Crippen LogP contribution >= 0.6 is 0 Å². The van der Waals surface area contributed by atoms with Crippen molar-refractivity contribution in [3.05, 3.63) is 0 Å². The van der Waals surface area contributed by atoms with Crippen molar-refractivity contribution in [2.75, 3.05) is 20.8 Å². The molecule has 2 N–H and O–H groups in total. The van der Waals surface area contributed by atoms with Crippen LogP contribution in [-0.4, -0.2) is 55.6 Å². The number of hydrogen-bond acceptors (Lipinski definition) is 5. The number of methoxy groups -OCH3 is 2. The van der Waals surface area contributed by atoms with Crippen molar-refractivity contribution >= 4 is 0 Å². The maximum Gasteiger partial charge on any atom is 0.157 e. The van der Waals surface area contributed by atoms with Crippen molar-refractivity contribution in [2.45, 2.75) is 51.3 Å². The lowest BCUT2D eigenvalue weighted by atomic mass is 9.75. The molecule has 102 valence electrons. The van der Waals surface area contributed by atoms with E-state index >= 15 is 0 Å². The minimum atomic E-state index is -0.826. The van der Waals surface area contributed by atoms with Crippen molar-refractivity contribution in [2.24, 2.45) is 5.41 Å². The molecule has 5 heteroatoms. The Bertz CT molecular complexity index is 231. The summed E-state index contributed by atoms with van der Waals surface area (Å²) in [6.45, 7) is 4.32. The van der Waals surface area contributed by atoms with Crippen LogP contribution in [0.2, 0.25) is 0 Å². The second-order valence-corrected chi connectivity index (χ2v) is 5.21. The van der Waals surface area contributed by atoms with Gasteiger partial charge in [0, 0.05) is 32.5 Å². The van der Waals surface area contributed by atoms with E-state index in [0.29, 0.717) is 12.8 Å². The van der Waals surface area contributed by atoms with E-state index in [0.717, 1.165) is 0 Å². The molecule has 0 saturated carbocycles. The lowest BCUT2D eigenvalue weighted by Crippen LogP contribution is -2.52. The van der Waals surface area contributed by atoms with Crippen LogP contribution in [0.25, 0.3) is 0 Å². The van der Waals surface area contributed by atoms with Gasteiger partial charge in [-0.05, 0) is 0 Å². The van der Waals surface area contributed by atoms with E-state index in [1.807, 2.05) is 13.8 Å². The Morgan fingerprint density at radius 3 is 2.59 bits per heavy atom. The fraction of sp³-hybridized carbons (Fsp3) is 1.00. The van der Waals surface area contributed by atoms with Crippen LogP contribution in [0.4, 0.5) is 0 Å². The van der Waals surface area contributed by atoms with E-state index in [-0.39, 0.29) is 24.2 Å². The molecular weight excluding hydrogens is 224 g/mol. The highest BCUT2D eigenvalue weighted by molar-refractivity contribution is 4.92. The van der Waals surface area contributed by atoms with Gasteiger partial charge < -0.3 is 24.4 Å². The van der Waals surface area contributed by atoms with Crippen LogP contribution in [0.3, 0.4) is 0 Å². The summed E-state index contributed by atoms with van der Waals surface area (Å²) >= 11 is 0. The van der Waals surface area contributed by atoms with Gasteiger partial charge in [-0.25, -0.2) is 0 Å². The molecule has 0 radical (unpaired) electrons. The van der Waals surface area contributed by atoms with Gasteiger partial charge in [0.15, 0.2) is 6.29 Å². The fourth-order valence-corrected chi connectivity index (χ4v) is 2.38. The molecule has 1 aliphatic heterocycles. The van der Waals surface area contributed by atoms with Crippen LogP contribution in [0.15, 0.2) is 0 Å². The maximum absolute atomic E-state index is 9.75. The smallest absolute Gasteiger partial charge is 0.157 e. The quantitative estimate of drug-likeness (QED) is 0.743. The number of hydrogen-bond donors (Lipinski definition) is 2. The SMILES string of the molecule is COC[C@@H](O)C[C@H]1O[C@@H](O)C[C@@H](OC)C1(C)C. The summed E-state index contributed by atoms with van der Waals surface area (Å²) < 4.78 is 15.8. The van der Waals surface area contributed by atoms with Crippen LogP contribution in [-0.2, 0) is 14.2 Å². The van der Waals surface area contributed by atoms with Crippen LogP contribution < -0.4 is 0 Å². The first kappa shape index (κ1) is 14.9. The topological polar surface area (TPSA) is 68.2 Å². The first-order valence-corrected chi connectivity index (χ1v) is 5.95. The first-order chi connectivity index (χ1) is 7.91. The number of rotatable bonds is 5. The van der Waals surface area contributed by atoms with Crippen molar-refractivity contribution in [1.29, 1.82) is 0 Å². The summed E-state index contributed by atoms with van der Waals surface area (Å²) in [5.74, 6) is 0. The third kappa shape index (κ3) is 3.63. The molecule has 0 amide bonds. The van der Waals surface area contributed by atoms with E-state index in [1.165, 1.54) is 0 Å². The van der Waals surface area contributed by atoms with Crippen LogP contribution in [0, 0.1) is 5.41 Å². The molecule has 5 nitrogen and oxygen atoms in total. The van der Waals surface area contributed by atoms with Crippen LogP contribution in [0.5, 0.6) is 0 Å². The molecule has 1 rings (SSSR count). The average molecular weight is 248 g/mol. The Balaban J connectivity index is 2.67. The van der Waals surface area contributed by atoms with Gasteiger partial charge in [0.1, 0.15) is 0 Å². The van der Waals surface area contributed by atoms with Gasteiger partial charge in [-0.1, -0.05) is 13.8 Å². The minimum Gasteiger partial charge on any atom is -0.391 e. The molecule has 4 atom stereocenters. The molecule has 0 spiro atoms. The molecule has 1 aliphatic rings. The Morgan fingerprint density at radius 2 is 2.06 bits per heavy atom. The second kappa shape index (κ2) is 6.11. The molecule has 1 saturated heterocycles. The van der Waals surface area contributed by atoms with Gasteiger partial charge in [-0.2, -0.15) is 0 Å². The molecule has 17 heavy (non-hydrogen) atoms. The zero-order valence-corrected chi connectivity index (χ0v) is 11.0. The summed E-state index contributed by atoms with van der Waals surface area (Å²) in [5, 5.41) is 19.4. The normalized spacial score (nSPS) is 34.6. The first-order valence-electron chi connectivity index (χ1n) is 5.95. The predicted molar refractivity (Wildman–Crippen MR) is 62.6 cm³/mol. The van der Waals surface area contributed by atoms with E-state index in [2.05, 4.69) is 0 Å². The molecule has 0 aromatic carbocycles. The van der Waals surface area contributed by atoms with E-state index in [1.54, 1.807) is 14.2 Å². The van der Waals surface area contributed by atoms with E-state index < -0.39 is 12.4 Å². The van der Waals surface area contributed by atoms with Crippen molar-refractivity contribution in [1.82, 2.24) is 0 Å². The van der Waals surface area contributed by atoms with Crippen molar-refractivity contribution in [3.63, 3.8) is 0 Å². The standard InChI is InChI=1S/C12H24O5/c1-12(2)9(16-4)6-11(14)17-10(12)5-8(13)7-15-3/h8-11,13-14H,5-7H2,1-4H3/t8-,9+,10+,11+/m0/s1. The second-order valence-electron chi connectivity index (χ2n) is 5.21. The number of aliphatic hydroxyl groups is 2. The predicted octanol–water partition coefficient (Wildman–Crippen LogP) is 0.532. The maximum atomic E-state index is 9.75. The van der Waals surface area contributed by atoms with Gasteiger partial charge in [0.2, 0.25) is 0 Å². The summed E-state index contributed by atoms with van der Waals surface area (Å²) in [7, 11) is 3.18. The Kier molecular flexibility index (Phi) is 5.34. The van der Waals surface area contributed by atoms with Crippen molar-refractivity contribution in [3.8, 4) is 0 Å². The van der Waals surface area contributed by atoms with Gasteiger partial charge in [-0.3, -0.25) is 0 Å². The zero-order chi connectivity index (χ0) is 13.1. The average Bonchev–Trinajstić information content (AvgIpc) is 2.23.